The van der Waals surface area contributed by atoms with Gasteiger partial charge in [0.15, 0.2) is 5.82 Å². The summed E-state index contributed by atoms with van der Waals surface area (Å²) in [5, 5.41) is 10.0. The van der Waals surface area contributed by atoms with Gasteiger partial charge in [0, 0.05) is 31.1 Å². The molecule has 2 aromatic carbocycles. The van der Waals surface area contributed by atoms with Gasteiger partial charge in [-0.25, -0.2) is 4.79 Å². The average molecular weight is 392 g/mol. The third-order valence-electron chi connectivity index (χ3n) is 4.72. The molecule has 1 atom stereocenters. The maximum atomic E-state index is 12.4. The molecule has 1 saturated heterocycles. The second kappa shape index (κ2) is 8.79. The van der Waals surface area contributed by atoms with E-state index in [1.165, 1.54) is 0 Å². The Morgan fingerprint density at radius 1 is 1.17 bits per heavy atom. The van der Waals surface area contributed by atoms with Crippen LogP contribution in [0.2, 0.25) is 0 Å². The van der Waals surface area contributed by atoms with Gasteiger partial charge in [-0.05, 0) is 42.7 Å². The van der Waals surface area contributed by atoms with Crippen molar-refractivity contribution in [2.75, 3.05) is 23.8 Å². The monoisotopic (exact) mass is 392 g/mol. The number of rotatable bonds is 6. The molecule has 1 aliphatic heterocycles. The van der Waals surface area contributed by atoms with E-state index in [-0.39, 0.29) is 12.1 Å². The van der Waals surface area contributed by atoms with Crippen molar-refractivity contribution in [3.8, 4) is 16.9 Å². The molecule has 2 heterocycles. The van der Waals surface area contributed by atoms with Gasteiger partial charge >= 0.3 is 6.03 Å². The summed E-state index contributed by atoms with van der Waals surface area (Å²) >= 11 is 0. The number of carbonyl (C=O) groups excluding carboxylic acids is 1. The molecular formula is C22H24N4O3. The average Bonchev–Trinajstić information content (AvgIpc) is 3.38. The Balaban J connectivity index is 1.35. The normalized spacial score (nSPS) is 15.8. The number of urea groups is 1. The molecule has 0 spiro atoms. The number of hydrogen-bond donors (Lipinski definition) is 2. The number of aryl methyl sites for hydroxylation is 1. The lowest BCUT2D eigenvalue weighted by atomic mass is 10.1. The summed E-state index contributed by atoms with van der Waals surface area (Å²) in [6.07, 6.45) is 4.19. The highest BCUT2D eigenvalue weighted by Crippen LogP contribution is 2.26. The number of nitrogens with zero attached hydrogens (tertiary/aromatic N) is 2. The van der Waals surface area contributed by atoms with E-state index in [0.29, 0.717) is 18.1 Å². The first kappa shape index (κ1) is 19.0. The van der Waals surface area contributed by atoms with Crippen LogP contribution in [0.4, 0.5) is 16.3 Å². The number of amides is 2. The van der Waals surface area contributed by atoms with Crippen LogP contribution in [0.3, 0.4) is 0 Å². The molecule has 1 fully saturated rings. The first-order valence-electron chi connectivity index (χ1n) is 9.69. The Hall–Kier alpha value is -3.32. The van der Waals surface area contributed by atoms with E-state index >= 15 is 0 Å². The number of carbonyl (C=O) groups is 1. The highest BCUT2D eigenvalue weighted by molar-refractivity contribution is 6.01. The molecule has 4 rings (SSSR count). The van der Waals surface area contributed by atoms with Crippen LogP contribution in [0, 0.1) is 0 Å². The zero-order valence-electron chi connectivity index (χ0n) is 16.3. The minimum atomic E-state index is -0.353. The van der Waals surface area contributed by atoms with Gasteiger partial charge in [0.05, 0.1) is 6.10 Å². The Morgan fingerprint density at radius 2 is 1.97 bits per heavy atom. The van der Waals surface area contributed by atoms with E-state index in [1.54, 1.807) is 16.8 Å². The molecule has 1 aromatic heterocycles. The van der Waals surface area contributed by atoms with Crippen molar-refractivity contribution in [2.45, 2.75) is 18.9 Å². The van der Waals surface area contributed by atoms with Crippen LogP contribution < -0.4 is 15.4 Å². The van der Waals surface area contributed by atoms with Crippen LogP contribution in [0.25, 0.3) is 11.1 Å². The minimum absolute atomic E-state index is 0.177. The minimum Gasteiger partial charge on any atom is -0.491 e. The van der Waals surface area contributed by atoms with Crippen molar-refractivity contribution < 1.29 is 14.3 Å². The zero-order valence-corrected chi connectivity index (χ0v) is 16.3. The van der Waals surface area contributed by atoms with Gasteiger partial charge < -0.3 is 14.8 Å². The van der Waals surface area contributed by atoms with Crippen LogP contribution in [0.1, 0.15) is 12.8 Å². The Labute approximate surface area is 169 Å². The van der Waals surface area contributed by atoms with Crippen LogP contribution in [-0.2, 0) is 11.8 Å². The Kier molecular flexibility index (Phi) is 5.76. The van der Waals surface area contributed by atoms with Crippen molar-refractivity contribution >= 4 is 17.5 Å². The van der Waals surface area contributed by atoms with Gasteiger partial charge in [-0.15, -0.1) is 0 Å². The topological polar surface area (TPSA) is 77.4 Å². The second-order valence-electron chi connectivity index (χ2n) is 6.98. The SMILES string of the molecule is Cn1cc(-c2ccccc2)c(NC(=O)Nc2ccc(OC[C@H]3CCCO3)cc2)n1. The molecule has 1 aliphatic rings. The van der Waals surface area contributed by atoms with Crippen molar-refractivity contribution in [1.82, 2.24) is 9.78 Å². The summed E-state index contributed by atoms with van der Waals surface area (Å²) in [5.41, 5.74) is 2.52. The molecule has 0 bridgehead atoms. The predicted octanol–water partition coefficient (Wildman–Crippen LogP) is 4.29. The number of ether oxygens (including phenoxy) is 2. The van der Waals surface area contributed by atoms with E-state index in [4.69, 9.17) is 9.47 Å². The molecule has 2 N–H and O–H groups in total. The summed E-state index contributed by atoms with van der Waals surface area (Å²) in [6.45, 7) is 1.36. The van der Waals surface area contributed by atoms with Crippen LogP contribution >= 0.6 is 0 Å². The zero-order chi connectivity index (χ0) is 20.1. The number of anilines is 2. The molecule has 0 unspecified atom stereocenters. The number of benzene rings is 2. The van der Waals surface area contributed by atoms with E-state index in [9.17, 15) is 4.79 Å². The maximum absolute atomic E-state index is 12.4. The van der Waals surface area contributed by atoms with Gasteiger partial charge in [-0.3, -0.25) is 10.00 Å². The summed E-state index contributed by atoms with van der Waals surface area (Å²) in [4.78, 5) is 12.4. The molecule has 7 nitrogen and oxygen atoms in total. The third kappa shape index (κ3) is 4.94. The second-order valence-corrected chi connectivity index (χ2v) is 6.98. The lowest BCUT2D eigenvalue weighted by molar-refractivity contribution is 0.0679. The van der Waals surface area contributed by atoms with Crippen molar-refractivity contribution in [2.24, 2.45) is 7.05 Å². The van der Waals surface area contributed by atoms with Crippen LogP contribution in [0.5, 0.6) is 5.75 Å². The van der Waals surface area contributed by atoms with E-state index < -0.39 is 0 Å². The fourth-order valence-electron chi connectivity index (χ4n) is 3.28. The van der Waals surface area contributed by atoms with Crippen LogP contribution in [0.15, 0.2) is 60.8 Å². The summed E-state index contributed by atoms with van der Waals surface area (Å²) in [6, 6.07) is 16.7. The fourth-order valence-corrected chi connectivity index (χ4v) is 3.28. The van der Waals surface area contributed by atoms with E-state index in [0.717, 1.165) is 36.3 Å². The molecule has 150 valence electrons. The van der Waals surface area contributed by atoms with E-state index in [2.05, 4.69) is 15.7 Å². The third-order valence-corrected chi connectivity index (χ3v) is 4.72. The first-order chi connectivity index (χ1) is 14.2. The molecule has 0 radical (unpaired) electrons. The Morgan fingerprint density at radius 3 is 2.69 bits per heavy atom. The molecule has 2 amide bonds. The van der Waals surface area contributed by atoms with Crippen molar-refractivity contribution in [1.29, 1.82) is 0 Å². The molecule has 29 heavy (non-hydrogen) atoms. The highest BCUT2D eigenvalue weighted by atomic mass is 16.5. The molecule has 3 aromatic rings. The maximum Gasteiger partial charge on any atom is 0.324 e. The fraction of sp³-hybridized carbons (Fsp3) is 0.273. The largest absolute Gasteiger partial charge is 0.491 e. The van der Waals surface area contributed by atoms with Gasteiger partial charge in [0.2, 0.25) is 0 Å². The molecule has 7 heteroatoms. The molecule has 0 aliphatic carbocycles. The lowest BCUT2D eigenvalue weighted by Gasteiger charge is -2.12. The lowest BCUT2D eigenvalue weighted by Crippen LogP contribution is -2.20. The van der Waals surface area contributed by atoms with Gasteiger partial charge in [-0.1, -0.05) is 30.3 Å². The summed E-state index contributed by atoms with van der Waals surface area (Å²) in [7, 11) is 1.82. The molecule has 0 saturated carbocycles. The number of nitrogens with one attached hydrogen (secondary N) is 2. The highest BCUT2D eigenvalue weighted by Gasteiger charge is 2.16. The quantitative estimate of drug-likeness (QED) is 0.656. The predicted molar refractivity (Wildman–Crippen MR) is 112 cm³/mol. The standard InChI is InChI=1S/C22H24N4O3/c1-26-14-20(16-6-3-2-4-7-16)21(25-26)24-22(27)23-17-9-11-18(12-10-17)29-15-19-8-5-13-28-19/h2-4,6-7,9-12,14,19H,5,8,13,15H2,1H3,(H2,23,24,25,27)/t19-/m1/s1. The van der Waals surface area contributed by atoms with E-state index in [1.807, 2.05) is 55.7 Å². The smallest absolute Gasteiger partial charge is 0.324 e. The number of hydrogen-bond acceptors (Lipinski definition) is 4. The first-order valence-corrected chi connectivity index (χ1v) is 9.69. The van der Waals surface area contributed by atoms with Gasteiger partial charge in [0.1, 0.15) is 12.4 Å². The van der Waals surface area contributed by atoms with Crippen molar-refractivity contribution in [3.63, 3.8) is 0 Å². The summed E-state index contributed by atoms with van der Waals surface area (Å²) < 4.78 is 13.0. The number of aromatic nitrogens is 2. The molecular weight excluding hydrogens is 368 g/mol. The van der Waals surface area contributed by atoms with Crippen molar-refractivity contribution in [3.05, 3.63) is 60.8 Å². The Bertz CT molecular complexity index is 948. The van der Waals surface area contributed by atoms with Gasteiger partial charge in [0.25, 0.3) is 0 Å². The van der Waals surface area contributed by atoms with Crippen LogP contribution in [-0.4, -0.2) is 35.1 Å². The van der Waals surface area contributed by atoms with Gasteiger partial charge in [-0.2, -0.15) is 5.10 Å². The summed E-state index contributed by atoms with van der Waals surface area (Å²) in [5.74, 6) is 1.26.